The molecule has 0 unspecified atom stereocenters. The number of para-hydroxylation sites is 2. The van der Waals surface area contributed by atoms with Crippen molar-refractivity contribution in [2.24, 2.45) is 0 Å². The second-order valence-electron chi connectivity index (χ2n) is 5.52. The molecule has 1 amide bonds. The van der Waals surface area contributed by atoms with Crippen molar-refractivity contribution in [3.05, 3.63) is 36.4 Å². The quantitative estimate of drug-likeness (QED) is 0.758. The number of nitrogens with one attached hydrogen (secondary N) is 1. The van der Waals surface area contributed by atoms with Gasteiger partial charge < -0.3 is 18.9 Å². The van der Waals surface area contributed by atoms with Crippen LogP contribution in [0.25, 0.3) is 10.2 Å². The zero-order valence-corrected chi connectivity index (χ0v) is 15.0. The summed E-state index contributed by atoms with van der Waals surface area (Å²) in [6, 6.07) is 10.8. The van der Waals surface area contributed by atoms with Gasteiger partial charge in [-0.1, -0.05) is 23.5 Å². The summed E-state index contributed by atoms with van der Waals surface area (Å²) in [4.78, 5) is 17.0. The fourth-order valence-electron chi connectivity index (χ4n) is 2.67. The number of carbonyl (C=O) groups is 1. The smallest absolute Gasteiger partial charge is 0.270 e. The van der Waals surface area contributed by atoms with E-state index >= 15 is 0 Å². The average Bonchev–Trinajstić information content (AvgIpc) is 3.10. The zero-order chi connectivity index (χ0) is 18.1. The summed E-state index contributed by atoms with van der Waals surface area (Å²) in [7, 11) is 3.16. The van der Waals surface area contributed by atoms with E-state index in [-0.39, 0.29) is 12.5 Å². The van der Waals surface area contributed by atoms with E-state index in [9.17, 15) is 4.79 Å². The minimum Gasteiger partial charge on any atom is -0.495 e. The monoisotopic (exact) mass is 372 g/mol. The number of thiazole rings is 1. The Kier molecular flexibility index (Phi) is 4.26. The molecule has 8 heteroatoms. The summed E-state index contributed by atoms with van der Waals surface area (Å²) in [6.45, 7) is 0.139. The van der Waals surface area contributed by atoms with E-state index in [0.29, 0.717) is 33.6 Å². The number of fused-ring (bicyclic) bond motifs is 2. The number of ether oxygens (including phenoxy) is 4. The van der Waals surface area contributed by atoms with Crippen LogP contribution >= 0.6 is 11.3 Å². The van der Waals surface area contributed by atoms with Crippen LogP contribution in [-0.2, 0) is 4.79 Å². The van der Waals surface area contributed by atoms with E-state index in [2.05, 4.69) is 10.3 Å². The molecule has 4 rings (SSSR count). The number of hydrogen-bond acceptors (Lipinski definition) is 7. The van der Waals surface area contributed by atoms with Gasteiger partial charge in [0.1, 0.15) is 28.3 Å². The Balaban J connectivity index is 1.57. The summed E-state index contributed by atoms with van der Waals surface area (Å²) < 4.78 is 22.8. The number of carbonyl (C=O) groups excluding carboxylic acids is 1. The topological polar surface area (TPSA) is 78.9 Å². The molecule has 7 nitrogen and oxygen atoms in total. The van der Waals surface area contributed by atoms with Gasteiger partial charge in [0.05, 0.1) is 14.2 Å². The predicted molar refractivity (Wildman–Crippen MR) is 97.7 cm³/mol. The first-order chi connectivity index (χ1) is 12.7. The van der Waals surface area contributed by atoms with Crippen molar-refractivity contribution >= 4 is 32.6 Å². The van der Waals surface area contributed by atoms with Gasteiger partial charge in [0.2, 0.25) is 6.10 Å². The molecule has 1 N–H and O–H groups in total. The molecule has 0 radical (unpaired) electrons. The summed E-state index contributed by atoms with van der Waals surface area (Å²) in [5.74, 6) is 2.14. The lowest BCUT2D eigenvalue weighted by Crippen LogP contribution is -2.40. The van der Waals surface area contributed by atoms with Gasteiger partial charge in [0.25, 0.3) is 5.91 Å². The van der Waals surface area contributed by atoms with Gasteiger partial charge in [-0.3, -0.25) is 10.1 Å². The molecule has 1 atom stereocenters. The maximum atomic E-state index is 12.6. The second kappa shape index (κ2) is 6.72. The number of rotatable bonds is 4. The Bertz CT molecular complexity index is 930. The molecule has 3 aromatic rings. The molecule has 0 fully saturated rings. The van der Waals surface area contributed by atoms with Gasteiger partial charge in [-0.15, -0.1) is 0 Å². The SMILES string of the molecule is COc1ccc(OC)c2sc(NC(=O)[C@@H]3COc4ccccc4O3)nc12. The van der Waals surface area contributed by atoms with Gasteiger partial charge in [0.15, 0.2) is 16.6 Å². The van der Waals surface area contributed by atoms with E-state index in [1.165, 1.54) is 11.3 Å². The van der Waals surface area contributed by atoms with Crippen molar-refractivity contribution in [3.8, 4) is 23.0 Å². The second-order valence-corrected chi connectivity index (χ2v) is 6.52. The van der Waals surface area contributed by atoms with E-state index < -0.39 is 6.10 Å². The van der Waals surface area contributed by atoms with Crippen LogP contribution in [-0.4, -0.2) is 37.8 Å². The Labute approximate surface area is 153 Å². The fourth-order valence-corrected chi connectivity index (χ4v) is 3.65. The van der Waals surface area contributed by atoms with Crippen LogP contribution in [0.3, 0.4) is 0 Å². The Morgan fingerprint density at radius 3 is 2.65 bits per heavy atom. The lowest BCUT2D eigenvalue weighted by atomic mass is 10.2. The van der Waals surface area contributed by atoms with Crippen LogP contribution in [0.4, 0.5) is 5.13 Å². The van der Waals surface area contributed by atoms with E-state index in [1.54, 1.807) is 38.5 Å². The summed E-state index contributed by atoms with van der Waals surface area (Å²) >= 11 is 1.31. The van der Waals surface area contributed by atoms with Crippen LogP contribution in [0.1, 0.15) is 0 Å². The van der Waals surface area contributed by atoms with Gasteiger partial charge in [-0.25, -0.2) is 4.98 Å². The standard InChI is InChI=1S/C18H16N2O5S/c1-22-12-7-8-13(23-2)16-15(12)19-18(26-16)20-17(21)14-9-24-10-5-3-4-6-11(10)25-14/h3-8,14H,9H2,1-2H3,(H,19,20,21)/t14-/m0/s1. The van der Waals surface area contributed by atoms with Crippen LogP contribution < -0.4 is 24.3 Å². The molecule has 26 heavy (non-hydrogen) atoms. The summed E-state index contributed by atoms with van der Waals surface area (Å²) in [5.41, 5.74) is 0.637. The number of hydrogen-bond donors (Lipinski definition) is 1. The van der Waals surface area contributed by atoms with E-state index in [0.717, 1.165) is 4.70 Å². The van der Waals surface area contributed by atoms with Gasteiger partial charge >= 0.3 is 0 Å². The van der Waals surface area contributed by atoms with Crippen LogP contribution in [0.15, 0.2) is 36.4 Å². The highest BCUT2D eigenvalue weighted by Crippen LogP contribution is 2.39. The maximum absolute atomic E-state index is 12.6. The summed E-state index contributed by atoms with van der Waals surface area (Å²) in [6.07, 6.45) is -0.749. The third-order valence-electron chi connectivity index (χ3n) is 3.94. The number of nitrogens with zero attached hydrogens (tertiary/aromatic N) is 1. The summed E-state index contributed by atoms with van der Waals surface area (Å²) in [5, 5.41) is 3.23. The first kappa shape index (κ1) is 16.5. The first-order valence-electron chi connectivity index (χ1n) is 7.90. The van der Waals surface area contributed by atoms with Gasteiger partial charge in [0, 0.05) is 0 Å². The van der Waals surface area contributed by atoms with Crippen molar-refractivity contribution in [2.45, 2.75) is 6.10 Å². The van der Waals surface area contributed by atoms with Crippen molar-refractivity contribution in [3.63, 3.8) is 0 Å². The van der Waals surface area contributed by atoms with Gasteiger partial charge in [-0.05, 0) is 24.3 Å². The Morgan fingerprint density at radius 1 is 1.15 bits per heavy atom. The average molecular weight is 372 g/mol. The lowest BCUT2D eigenvalue weighted by molar-refractivity contribution is -0.125. The van der Waals surface area contributed by atoms with E-state index in [1.807, 2.05) is 12.1 Å². The molecule has 134 valence electrons. The van der Waals surface area contributed by atoms with Crippen molar-refractivity contribution in [1.82, 2.24) is 4.98 Å². The highest BCUT2D eigenvalue weighted by Gasteiger charge is 2.28. The number of methoxy groups -OCH3 is 2. The largest absolute Gasteiger partial charge is 0.495 e. The maximum Gasteiger partial charge on any atom is 0.270 e. The lowest BCUT2D eigenvalue weighted by Gasteiger charge is -2.25. The van der Waals surface area contributed by atoms with Crippen molar-refractivity contribution in [2.75, 3.05) is 26.1 Å². The Hall–Kier alpha value is -3.00. The molecule has 0 saturated carbocycles. The van der Waals surface area contributed by atoms with Crippen molar-refractivity contribution < 1.29 is 23.7 Å². The molecule has 2 aromatic carbocycles. The zero-order valence-electron chi connectivity index (χ0n) is 14.1. The van der Waals surface area contributed by atoms with Crippen LogP contribution in [0, 0.1) is 0 Å². The van der Waals surface area contributed by atoms with E-state index in [4.69, 9.17) is 18.9 Å². The molecule has 0 aliphatic carbocycles. The molecule has 0 spiro atoms. The fraction of sp³-hybridized carbons (Fsp3) is 0.222. The number of aromatic nitrogens is 1. The molecular formula is C18H16N2O5S. The molecule has 1 aromatic heterocycles. The number of benzene rings is 2. The molecule has 1 aliphatic heterocycles. The molecule has 1 aliphatic rings. The first-order valence-corrected chi connectivity index (χ1v) is 8.72. The molecule has 2 heterocycles. The predicted octanol–water partition coefficient (Wildman–Crippen LogP) is 3.09. The minimum atomic E-state index is -0.749. The van der Waals surface area contributed by atoms with Crippen LogP contribution in [0.5, 0.6) is 23.0 Å². The minimum absolute atomic E-state index is 0.139. The highest BCUT2D eigenvalue weighted by molar-refractivity contribution is 7.22. The Morgan fingerprint density at radius 2 is 1.88 bits per heavy atom. The van der Waals surface area contributed by atoms with Crippen LogP contribution in [0.2, 0.25) is 0 Å². The molecular weight excluding hydrogens is 356 g/mol. The van der Waals surface area contributed by atoms with Gasteiger partial charge in [-0.2, -0.15) is 0 Å². The highest BCUT2D eigenvalue weighted by atomic mass is 32.1. The van der Waals surface area contributed by atoms with Crippen molar-refractivity contribution in [1.29, 1.82) is 0 Å². The third-order valence-corrected chi connectivity index (χ3v) is 4.93. The number of amides is 1. The normalized spacial score (nSPS) is 15.5. The number of anilines is 1. The molecule has 0 saturated heterocycles. The molecule has 0 bridgehead atoms. The third kappa shape index (κ3) is 2.88.